The van der Waals surface area contributed by atoms with E-state index in [0.717, 1.165) is 30.9 Å². The summed E-state index contributed by atoms with van der Waals surface area (Å²) in [5.41, 5.74) is 0.466. The third-order valence-corrected chi connectivity index (χ3v) is 5.93. The summed E-state index contributed by atoms with van der Waals surface area (Å²) in [6, 6.07) is 9.72. The molecule has 2 aromatic heterocycles. The number of thiophene rings is 1. The van der Waals surface area contributed by atoms with Crippen LogP contribution in [0.2, 0.25) is 0 Å². The van der Waals surface area contributed by atoms with Crippen molar-refractivity contribution in [2.45, 2.75) is 19.5 Å². The molecule has 0 unspecified atom stereocenters. The number of ether oxygens (including phenoxy) is 1. The maximum atomic E-state index is 12.6. The van der Waals surface area contributed by atoms with E-state index in [1.165, 1.54) is 24.3 Å². The van der Waals surface area contributed by atoms with Gasteiger partial charge in [0.25, 0.3) is 5.91 Å². The number of carbonyl (C=O) groups excluding carboxylic acids is 1. The topological polar surface area (TPSA) is 71.7 Å². The normalized spacial score (nSPS) is 14.9. The van der Waals surface area contributed by atoms with E-state index in [9.17, 15) is 13.6 Å². The number of alkyl halides is 2. The number of aromatic nitrogens is 2. The molecule has 1 aliphatic rings. The molecular formula is C21H22F2N4O3S. The van der Waals surface area contributed by atoms with Gasteiger partial charge in [-0.1, -0.05) is 11.2 Å². The summed E-state index contributed by atoms with van der Waals surface area (Å²) in [6.07, 6.45) is 1.61. The lowest BCUT2D eigenvalue weighted by atomic mass is 10.1. The number of rotatable bonds is 8. The minimum atomic E-state index is -2.88. The molecule has 0 aliphatic carbocycles. The van der Waals surface area contributed by atoms with Crippen molar-refractivity contribution in [2.75, 3.05) is 32.7 Å². The van der Waals surface area contributed by atoms with Crippen LogP contribution >= 0.6 is 11.3 Å². The first kappa shape index (κ1) is 21.4. The fourth-order valence-electron chi connectivity index (χ4n) is 3.45. The summed E-state index contributed by atoms with van der Waals surface area (Å²) < 4.78 is 34.1. The van der Waals surface area contributed by atoms with Crippen LogP contribution in [-0.4, -0.2) is 65.2 Å². The fourth-order valence-corrected chi connectivity index (χ4v) is 4.10. The van der Waals surface area contributed by atoms with Crippen LogP contribution in [0.15, 0.2) is 46.3 Å². The molecule has 0 bridgehead atoms. The average Bonchev–Trinajstić information content (AvgIpc) is 3.46. The SMILES string of the molecule is O=C(c1ccc(OC(F)F)cc1)N1CCN(CCCc2nc(-c3cccs3)no2)CC1. The maximum Gasteiger partial charge on any atom is 0.387 e. The van der Waals surface area contributed by atoms with Crippen LogP contribution in [0.5, 0.6) is 5.75 Å². The second-order valence-electron chi connectivity index (χ2n) is 7.13. The number of nitrogens with zero attached hydrogens (tertiary/aromatic N) is 4. The molecule has 4 rings (SSSR count). The van der Waals surface area contributed by atoms with Crippen molar-refractivity contribution >= 4 is 17.2 Å². The summed E-state index contributed by atoms with van der Waals surface area (Å²) in [5.74, 6) is 1.21. The fraction of sp³-hybridized carbons (Fsp3) is 0.381. The van der Waals surface area contributed by atoms with Gasteiger partial charge in [0.05, 0.1) is 4.88 Å². The molecule has 0 saturated carbocycles. The van der Waals surface area contributed by atoms with Gasteiger partial charge >= 0.3 is 6.61 Å². The van der Waals surface area contributed by atoms with Crippen LogP contribution in [0, 0.1) is 0 Å². The highest BCUT2D eigenvalue weighted by molar-refractivity contribution is 7.13. The minimum Gasteiger partial charge on any atom is -0.435 e. The van der Waals surface area contributed by atoms with E-state index in [4.69, 9.17) is 4.52 Å². The monoisotopic (exact) mass is 448 g/mol. The highest BCUT2D eigenvalue weighted by Crippen LogP contribution is 2.21. The molecule has 1 saturated heterocycles. The number of hydrogen-bond acceptors (Lipinski definition) is 7. The first-order valence-corrected chi connectivity index (χ1v) is 10.9. The Hall–Kier alpha value is -2.85. The van der Waals surface area contributed by atoms with Crippen LogP contribution in [0.25, 0.3) is 10.7 Å². The van der Waals surface area contributed by atoms with E-state index in [2.05, 4.69) is 19.8 Å². The summed E-state index contributed by atoms with van der Waals surface area (Å²) in [5, 5.41) is 6.00. The smallest absolute Gasteiger partial charge is 0.387 e. The molecule has 0 N–H and O–H groups in total. The Balaban J connectivity index is 1.19. The molecule has 1 aliphatic heterocycles. The van der Waals surface area contributed by atoms with Crippen molar-refractivity contribution < 1.29 is 22.8 Å². The zero-order valence-corrected chi connectivity index (χ0v) is 17.6. The Morgan fingerprint density at radius 3 is 2.61 bits per heavy atom. The number of aryl methyl sites for hydroxylation is 1. The molecule has 3 aromatic rings. The quantitative estimate of drug-likeness (QED) is 0.522. The number of halogens is 2. The van der Waals surface area contributed by atoms with Crippen LogP contribution in [0.1, 0.15) is 22.7 Å². The first-order valence-electron chi connectivity index (χ1n) is 10.0. The van der Waals surface area contributed by atoms with Crippen LogP contribution in [-0.2, 0) is 6.42 Å². The predicted molar refractivity (Wildman–Crippen MR) is 111 cm³/mol. The van der Waals surface area contributed by atoms with Gasteiger partial charge in [-0.05, 0) is 48.7 Å². The molecule has 0 radical (unpaired) electrons. The van der Waals surface area contributed by atoms with E-state index in [1.807, 2.05) is 17.5 Å². The molecule has 3 heterocycles. The number of piperazine rings is 1. The number of benzene rings is 1. The zero-order valence-electron chi connectivity index (χ0n) is 16.7. The second kappa shape index (κ2) is 9.97. The first-order chi connectivity index (χ1) is 15.1. The van der Waals surface area contributed by atoms with E-state index in [0.29, 0.717) is 36.8 Å². The third-order valence-electron chi connectivity index (χ3n) is 5.06. The van der Waals surface area contributed by atoms with Crippen LogP contribution < -0.4 is 4.74 Å². The van der Waals surface area contributed by atoms with Crippen molar-refractivity contribution in [3.63, 3.8) is 0 Å². The summed E-state index contributed by atoms with van der Waals surface area (Å²) in [4.78, 5) is 22.1. The summed E-state index contributed by atoms with van der Waals surface area (Å²) in [7, 11) is 0. The number of carbonyl (C=O) groups is 1. The van der Waals surface area contributed by atoms with Crippen molar-refractivity contribution in [1.82, 2.24) is 19.9 Å². The predicted octanol–water partition coefficient (Wildman–Crippen LogP) is 3.79. The van der Waals surface area contributed by atoms with Gasteiger partial charge in [0, 0.05) is 38.2 Å². The summed E-state index contributed by atoms with van der Waals surface area (Å²) in [6.45, 7) is 0.815. The lowest BCUT2D eigenvalue weighted by Gasteiger charge is -2.34. The molecule has 1 fully saturated rings. The second-order valence-corrected chi connectivity index (χ2v) is 8.08. The zero-order chi connectivity index (χ0) is 21.6. The molecular weight excluding hydrogens is 426 g/mol. The molecule has 10 heteroatoms. The Bertz CT molecular complexity index is 971. The van der Waals surface area contributed by atoms with E-state index in [1.54, 1.807) is 16.2 Å². The van der Waals surface area contributed by atoms with Crippen molar-refractivity contribution in [3.05, 3.63) is 53.2 Å². The third kappa shape index (κ3) is 5.65. The van der Waals surface area contributed by atoms with Crippen LogP contribution in [0.3, 0.4) is 0 Å². The van der Waals surface area contributed by atoms with E-state index < -0.39 is 6.61 Å². The lowest BCUT2D eigenvalue weighted by molar-refractivity contribution is -0.0498. The highest BCUT2D eigenvalue weighted by Gasteiger charge is 2.22. The van der Waals surface area contributed by atoms with Gasteiger partial charge in [0.2, 0.25) is 11.7 Å². The van der Waals surface area contributed by atoms with Gasteiger partial charge in [-0.2, -0.15) is 13.8 Å². The standard InChI is InChI=1S/C21H22F2N4O3S/c22-21(23)29-16-7-5-15(6-8-16)20(28)27-12-10-26(11-13-27)9-1-4-18-24-19(25-30-18)17-3-2-14-31-17/h2-3,5-8,14,21H,1,4,9-13H2. The van der Waals surface area contributed by atoms with Gasteiger partial charge in [0.1, 0.15) is 5.75 Å². The lowest BCUT2D eigenvalue weighted by Crippen LogP contribution is -2.48. The van der Waals surface area contributed by atoms with Gasteiger partial charge in [-0.3, -0.25) is 9.69 Å². The Labute approximate surface area is 182 Å². The number of amides is 1. The Kier molecular flexibility index (Phi) is 6.88. The van der Waals surface area contributed by atoms with Gasteiger partial charge in [-0.25, -0.2) is 0 Å². The van der Waals surface area contributed by atoms with Crippen LogP contribution in [0.4, 0.5) is 8.78 Å². The van der Waals surface area contributed by atoms with Crippen molar-refractivity contribution in [1.29, 1.82) is 0 Å². The van der Waals surface area contributed by atoms with E-state index in [-0.39, 0.29) is 11.7 Å². The maximum absolute atomic E-state index is 12.6. The molecule has 7 nitrogen and oxygen atoms in total. The minimum absolute atomic E-state index is 0.0418. The molecule has 164 valence electrons. The molecule has 31 heavy (non-hydrogen) atoms. The molecule has 1 amide bonds. The highest BCUT2D eigenvalue weighted by atomic mass is 32.1. The van der Waals surface area contributed by atoms with Crippen molar-refractivity contribution in [3.8, 4) is 16.5 Å². The molecule has 0 atom stereocenters. The summed E-state index contributed by atoms with van der Waals surface area (Å²) >= 11 is 1.58. The average molecular weight is 448 g/mol. The van der Waals surface area contributed by atoms with E-state index >= 15 is 0 Å². The van der Waals surface area contributed by atoms with Gasteiger partial charge in [-0.15, -0.1) is 11.3 Å². The van der Waals surface area contributed by atoms with Gasteiger partial charge < -0.3 is 14.2 Å². The Morgan fingerprint density at radius 2 is 1.94 bits per heavy atom. The largest absolute Gasteiger partial charge is 0.435 e. The molecule has 0 spiro atoms. The number of hydrogen-bond donors (Lipinski definition) is 0. The Morgan fingerprint density at radius 1 is 1.16 bits per heavy atom. The molecule has 1 aromatic carbocycles. The van der Waals surface area contributed by atoms with Gasteiger partial charge in [0.15, 0.2) is 0 Å². The van der Waals surface area contributed by atoms with Crippen molar-refractivity contribution in [2.24, 2.45) is 0 Å².